The van der Waals surface area contributed by atoms with Gasteiger partial charge in [-0.1, -0.05) is 18.2 Å². The number of benzene rings is 2. The van der Waals surface area contributed by atoms with Gasteiger partial charge >= 0.3 is 5.63 Å². The molecule has 0 saturated heterocycles. The van der Waals surface area contributed by atoms with E-state index in [-0.39, 0.29) is 12.3 Å². The maximum absolute atomic E-state index is 13.1. The highest BCUT2D eigenvalue weighted by Gasteiger charge is 2.29. The van der Waals surface area contributed by atoms with Gasteiger partial charge in [0.15, 0.2) is 0 Å². The fourth-order valence-electron chi connectivity index (χ4n) is 4.69. The minimum absolute atomic E-state index is 0.148. The SMILES string of the molecule is COc1ccc2c(CC(=O)NC(CO)C(=O)N3CCc4c([nH]c5ccccc45)C3)cc(=O)oc2c1. The number of carbonyl (C=O) groups excluding carboxylic acids is 2. The molecule has 180 valence electrons. The molecule has 4 aromatic rings. The van der Waals surface area contributed by atoms with Crippen molar-refractivity contribution in [2.24, 2.45) is 0 Å². The van der Waals surface area contributed by atoms with Gasteiger partial charge in [-0.2, -0.15) is 0 Å². The van der Waals surface area contributed by atoms with Gasteiger partial charge in [0.25, 0.3) is 0 Å². The van der Waals surface area contributed by atoms with Crippen LogP contribution in [-0.2, 0) is 29.0 Å². The van der Waals surface area contributed by atoms with Gasteiger partial charge in [-0.3, -0.25) is 9.59 Å². The Balaban J connectivity index is 1.30. The van der Waals surface area contributed by atoms with E-state index in [4.69, 9.17) is 9.15 Å². The molecule has 1 unspecified atom stereocenters. The average Bonchev–Trinajstić information content (AvgIpc) is 3.24. The number of aliphatic hydroxyl groups is 1. The summed E-state index contributed by atoms with van der Waals surface area (Å²) in [5.74, 6) is -0.316. The molecule has 9 nitrogen and oxygen atoms in total. The molecule has 2 aromatic carbocycles. The van der Waals surface area contributed by atoms with Crippen LogP contribution in [0.3, 0.4) is 0 Å². The van der Waals surface area contributed by atoms with Crippen molar-refractivity contribution in [2.75, 3.05) is 20.3 Å². The van der Waals surface area contributed by atoms with Crippen molar-refractivity contribution < 1.29 is 23.8 Å². The second-order valence-corrected chi connectivity index (χ2v) is 8.57. The van der Waals surface area contributed by atoms with Crippen molar-refractivity contribution >= 4 is 33.7 Å². The minimum atomic E-state index is -1.08. The van der Waals surface area contributed by atoms with Crippen molar-refractivity contribution in [3.8, 4) is 5.75 Å². The summed E-state index contributed by atoms with van der Waals surface area (Å²) >= 11 is 0. The first-order valence-electron chi connectivity index (χ1n) is 11.3. The number of rotatable bonds is 6. The van der Waals surface area contributed by atoms with Crippen molar-refractivity contribution in [2.45, 2.75) is 25.4 Å². The molecule has 1 atom stereocenters. The Morgan fingerprint density at radius 1 is 1.20 bits per heavy atom. The molecule has 0 aliphatic carbocycles. The molecule has 5 rings (SSSR count). The molecule has 3 N–H and O–H groups in total. The van der Waals surface area contributed by atoms with Gasteiger partial charge in [0.05, 0.1) is 26.7 Å². The number of hydrogen-bond acceptors (Lipinski definition) is 6. The summed E-state index contributed by atoms with van der Waals surface area (Å²) in [6.45, 7) is 0.336. The third-order valence-corrected chi connectivity index (χ3v) is 6.40. The number of aromatic nitrogens is 1. The molecule has 0 saturated carbocycles. The number of H-pyrrole nitrogens is 1. The number of fused-ring (bicyclic) bond motifs is 4. The number of para-hydroxylation sites is 1. The fourth-order valence-corrected chi connectivity index (χ4v) is 4.69. The third-order valence-electron chi connectivity index (χ3n) is 6.40. The van der Waals surface area contributed by atoms with Gasteiger partial charge in [-0.15, -0.1) is 0 Å². The largest absolute Gasteiger partial charge is 0.497 e. The third kappa shape index (κ3) is 4.38. The Labute approximate surface area is 200 Å². The highest BCUT2D eigenvalue weighted by Crippen LogP contribution is 2.28. The smallest absolute Gasteiger partial charge is 0.336 e. The van der Waals surface area contributed by atoms with Crippen molar-refractivity contribution in [3.05, 3.63) is 75.8 Å². The molecule has 2 amide bonds. The van der Waals surface area contributed by atoms with Gasteiger partial charge in [0.2, 0.25) is 11.8 Å². The average molecular weight is 476 g/mol. The van der Waals surface area contributed by atoms with E-state index in [1.807, 2.05) is 18.2 Å². The van der Waals surface area contributed by atoms with Gasteiger partial charge < -0.3 is 29.5 Å². The Kier molecular flexibility index (Phi) is 6.00. The number of hydrogen-bond donors (Lipinski definition) is 3. The molecule has 1 aliphatic heterocycles. The predicted molar refractivity (Wildman–Crippen MR) is 129 cm³/mol. The van der Waals surface area contributed by atoms with Crippen LogP contribution in [-0.4, -0.2) is 53.1 Å². The molecule has 1 aliphatic rings. The molecule has 0 spiro atoms. The first-order chi connectivity index (χ1) is 17.0. The first-order valence-corrected chi connectivity index (χ1v) is 11.3. The van der Waals surface area contributed by atoms with E-state index < -0.39 is 24.2 Å². The zero-order valence-electron chi connectivity index (χ0n) is 19.2. The number of nitrogens with one attached hydrogen (secondary N) is 2. The lowest BCUT2D eigenvalue weighted by molar-refractivity contribution is -0.138. The number of aromatic amines is 1. The Morgan fingerprint density at radius 2 is 2.03 bits per heavy atom. The molecule has 2 aromatic heterocycles. The van der Waals surface area contributed by atoms with E-state index in [0.29, 0.717) is 41.8 Å². The van der Waals surface area contributed by atoms with E-state index in [1.54, 1.807) is 23.1 Å². The van der Waals surface area contributed by atoms with Crippen LogP contribution in [0.2, 0.25) is 0 Å². The molecular weight excluding hydrogens is 450 g/mol. The maximum Gasteiger partial charge on any atom is 0.336 e. The molecular formula is C26H25N3O6. The Morgan fingerprint density at radius 3 is 2.83 bits per heavy atom. The molecule has 35 heavy (non-hydrogen) atoms. The lowest BCUT2D eigenvalue weighted by Crippen LogP contribution is -2.51. The summed E-state index contributed by atoms with van der Waals surface area (Å²) in [5, 5.41) is 14.2. The predicted octanol–water partition coefficient (Wildman–Crippen LogP) is 1.89. The molecule has 3 heterocycles. The quantitative estimate of drug-likeness (QED) is 0.366. The molecule has 0 fully saturated rings. The van der Waals surface area contributed by atoms with Gasteiger partial charge in [-0.05, 0) is 35.7 Å². The monoisotopic (exact) mass is 475 g/mol. The van der Waals surface area contributed by atoms with Crippen LogP contribution in [0, 0.1) is 0 Å². The van der Waals surface area contributed by atoms with Crippen LogP contribution < -0.4 is 15.7 Å². The normalized spacial score (nSPS) is 14.1. The summed E-state index contributed by atoms with van der Waals surface area (Å²) in [6, 6.07) is 13.2. The van der Waals surface area contributed by atoms with E-state index in [2.05, 4.69) is 16.4 Å². The fraction of sp³-hybridized carbons (Fsp3) is 0.269. The zero-order valence-corrected chi connectivity index (χ0v) is 19.2. The zero-order chi connectivity index (χ0) is 24.5. The summed E-state index contributed by atoms with van der Waals surface area (Å²) in [5.41, 5.74) is 3.35. The van der Waals surface area contributed by atoms with E-state index in [0.717, 1.165) is 16.6 Å². The van der Waals surface area contributed by atoms with Crippen LogP contribution >= 0.6 is 0 Å². The second kappa shape index (κ2) is 9.27. The van der Waals surface area contributed by atoms with Crippen LogP contribution in [0.25, 0.3) is 21.9 Å². The highest BCUT2D eigenvalue weighted by atomic mass is 16.5. The molecule has 9 heteroatoms. The van der Waals surface area contributed by atoms with E-state index >= 15 is 0 Å². The number of nitrogens with zero attached hydrogens (tertiary/aromatic N) is 1. The lowest BCUT2D eigenvalue weighted by Gasteiger charge is -2.30. The van der Waals surface area contributed by atoms with Crippen molar-refractivity contribution in [1.82, 2.24) is 15.2 Å². The standard InChI is InChI=1S/C26H25N3O6/c1-34-16-6-7-17-15(11-25(32)35-23(17)12-16)10-24(31)28-22(14-30)26(33)29-9-8-19-18-4-2-3-5-20(18)27-21(19)13-29/h2-7,11-12,22,27,30H,8-10,13-14H2,1H3,(H,28,31). The summed E-state index contributed by atoms with van der Waals surface area (Å²) in [7, 11) is 1.50. The molecule has 0 bridgehead atoms. The van der Waals surface area contributed by atoms with Crippen molar-refractivity contribution in [3.63, 3.8) is 0 Å². The van der Waals surface area contributed by atoms with Crippen molar-refractivity contribution in [1.29, 1.82) is 0 Å². The van der Waals surface area contributed by atoms with Crippen LogP contribution in [0.1, 0.15) is 16.8 Å². The van der Waals surface area contributed by atoms with Gasteiger partial charge in [-0.25, -0.2) is 4.79 Å². The summed E-state index contributed by atoms with van der Waals surface area (Å²) < 4.78 is 10.4. The van der Waals surface area contributed by atoms with Gasteiger partial charge in [0, 0.05) is 40.7 Å². The lowest BCUT2D eigenvalue weighted by atomic mass is 10.0. The number of aliphatic hydroxyl groups excluding tert-OH is 1. The number of ether oxygens (including phenoxy) is 1. The van der Waals surface area contributed by atoms with E-state index in [1.165, 1.54) is 18.7 Å². The minimum Gasteiger partial charge on any atom is -0.497 e. The first kappa shape index (κ1) is 22.7. The highest BCUT2D eigenvalue weighted by molar-refractivity contribution is 5.92. The van der Waals surface area contributed by atoms with Crippen LogP contribution in [0.4, 0.5) is 0 Å². The number of amides is 2. The number of methoxy groups -OCH3 is 1. The Hall–Kier alpha value is -4.11. The number of carbonyl (C=O) groups is 2. The second-order valence-electron chi connectivity index (χ2n) is 8.57. The summed E-state index contributed by atoms with van der Waals surface area (Å²) in [6.07, 6.45) is 0.538. The Bertz CT molecular complexity index is 1490. The van der Waals surface area contributed by atoms with Gasteiger partial charge in [0.1, 0.15) is 17.4 Å². The van der Waals surface area contributed by atoms with Crippen LogP contribution in [0.5, 0.6) is 5.75 Å². The molecule has 0 radical (unpaired) electrons. The van der Waals surface area contributed by atoms with Crippen LogP contribution in [0.15, 0.2) is 57.7 Å². The summed E-state index contributed by atoms with van der Waals surface area (Å²) in [4.78, 5) is 43.0. The topological polar surface area (TPSA) is 125 Å². The maximum atomic E-state index is 13.1. The van der Waals surface area contributed by atoms with E-state index in [9.17, 15) is 19.5 Å².